The number of rotatable bonds is 2. The fourth-order valence-corrected chi connectivity index (χ4v) is 3.29. The van der Waals surface area contributed by atoms with Crippen molar-refractivity contribution in [2.24, 2.45) is 7.05 Å². The standard InChI is InChI=1S/C19H17F6N3/c1-5-11-8-12(18(20,21)22)6-7-13(11)17-26-14-9-15(19(23,24)25)27(3)10(2)16(14)28(17)4/h6-9H,2,5H2,1,3-4H3. The zero-order chi connectivity index (χ0) is 21.0. The second kappa shape index (κ2) is 6.42. The van der Waals surface area contributed by atoms with Crippen LogP contribution in [0.5, 0.6) is 0 Å². The van der Waals surface area contributed by atoms with Crippen LogP contribution in [0.3, 0.4) is 0 Å². The van der Waals surface area contributed by atoms with Gasteiger partial charge in [0, 0.05) is 19.7 Å². The molecule has 0 atom stereocenters. The second-order valence-corrected chi connectivity index (χ2v) is 6.48. The van der Waals surface area contributed by atoms with Crippen LogP contribution in [-0.2, 0) is 19.6 Å². The number of halogens is 6. The Morgan fingerprint density at radius 3 is 2.21 bits per heavy atom. The average molecular weight is 401 g/mol. The Balaban J connectivity index is 2.19. The molecule has 0 fully saturated rings. The minimum atomic E-state index is -4.59. The summed E-state index contributed by atoms with van der Waals surface area (Å²) in [6.45, 7) is 5.44. The minimum Gasteiger partial charge on any atom is -0.339 e. The summed E-state index contributed by atoms with van der Waals surface area (Å²) in [4.78, 5) is 5.22. The number of fused-ring (bicyclic) bond motifs is 1. The van der Waals surface area contributed by atoms with Gasteiger partial charge in [0.2, 0.25) is 0 Å². The van der Waals surface area contributed by atoms with E-state index in [0.29, 0.717) is 23.2 Å². The van der Waals surface area contributed by atoms with Crippen LogP contribution in [-0.4, -0.2) is 27.7 Å². The van der Waals surface area contributed by atoms with E-state index in [2.05, 4.69) is 11.6 Å². The molecule has 9 heteroatoms. The molecule has 1 aromatic carbocycles. The van der Waals surface area contributed by atoms with Gasteiger partial charge in [-0.3, -0.25) is 0 Å². The van der Waals surface area contributed by atoms with Gasteiger partial charge in [0.15, 0.2) is 0 Å². The van der Waals surface area contributed by atoms with E-state index in [9.17, 15) is 26.3 Å². The number of hydrogen-bond acceptors (Lipinski definition) is 2. The van der Waals surface area contributed by atoms with Crippen LogP contribution in [0.15, 0.2) is 30.5 Å². The Hall–Kier alpha value is -2.71. The van der Waals surface area contributed by atoms with Crippen LogP contribution < -0.4 is 0 Å². The molecule has 1 aromatic heterocycles. The van der Waals surface area contributed by atoms with Crippen LogP contribution in [0.1, 0.15) is 29.4 Å². The van der Waals surface area contributed by atoms with Gasteiger partial charge in [-0.2, -0.15) is 26.3 Å². The summed E-state index contributed by atoms with van der Waals surface area (Å²) in [5.41, 5.74) is -0.282. The first-order chi connectivity index (χ1) is 12.9. The monoisotopic (exact) mass is 401 g/mol. The minimum absolute atomic E-state index is 0.0786. The normalized spacial score (nSPS) is 15.0. The van der Waals surface area contributed by atoms with Crippen LogP contribution in [0, 0.1) is 0 Å². The molecule has 3 rings (SSSR count). The molecular formula is C19H17F6N3. The van der Waals surface area contributed by atoms with E-state index in [-0.39, 0.29) is 17.2 Å². The van der Waals surface area contributed by atoms with E-state index in [1.807, 2.05) is 0 Å². The van der Waals surface area contributed by atoms with Gasteiger partial charge in [0.05, 0.1) is 22.6 Å². The van der Waals surface area contributed by atoms with Crippen LogP contribution in [0.25, 0.3) is 23.2 Å². The number of benzene rings is 1. The molecule has 0 aliphatic carbocycles. The lowest BCUT2D eigenvalue weighted by molar-refractivity contribution is -0.137. The summed E-state index contributed by atoms with van der Waals surface area (Å²) in [6.07, 6.45) is -7.84. The third-order valence-electron chi connectivity index (χ3n) is 4.78. The predicted molar refractivity (Wildman–Crippen MR) is 93.9 cm³/mol. The van der Waals surface area contributed by atoms with Crippen molar-refractivity contribution in [1.82, 2.24) is 14.5 Å². The molecule has 0 saturated carbocycles. The fraction of sp³-hybridized carbons (Fsp3) is 0.316. The maximum atomic E-state index is 13.3. The Kier molecular flexibility index (Phi) is 4.60. The summed E-state index contributed by atoms with van der Waals surface area (Å²) in [7, 11) is 2.86. The zero-order valence-electron chi connectivity index (χ0n) is 15.3. The number of nitrogens with zero attached hydrogens (tertiary/aromatic N) is 3. The van der Waals surface area contributed by atoms with Gasteiger partial charge in [-0.05, 0) is 30.2 Å². The van der Waals surface area contributed by atoms with Crippen molar-refractivity contribution in [2.75, 3.05) is 7.05 Å². The Morgan fingerprint density at radius 1 is 1.04 bits per heavy atom. The molecule has 0 saturated heterocycles. The van der Waals surface area contributed by atoms with Gasteiger partial charge in [-0.15, -0.1) is 0 Å². The van der Waals surface area contributed by atoms with E-state index in [0.717, 1.165) is 23.1 Å². The number of hydrogen-bond donors (Lipinski definition) is 0. The second-order valence-electron chi connectivity index (χ2n) is 6.48. The van der Waals surface area contributed by atoms with E-state index >= 15 is 0 Å². The van der Waals surface area contributed by atoms with Gasteiger partial charge in [0.25, 0.3) is 0 Å². The van der Waals surface area contributed by atoms with Gasteiger partial charge in [0.1, 0.15) is 11.5 Å². The van der Waals surface area contributed by atoms with Crippen molar-refractivity contribution in [3.05, 3.63) is 53.0 Å². The van der Waals surface area contributed by atoms with Gasteiger partial charge < -0.3 is 9.47 Å². The first-order valence-corrected chi connectivity index (χ1v) is 8.35. The Morgan fingerprint density at radius 2 is 1.68 bits per heavy atom. The van der Waals surface area contributed by atoms with Gasteiger partial charge in [-0.25, -0.2) is 4.98 Å². The molecular weight excluding hydrogens is 384 g/mol. The quantitative estimate of drug-likeness (QED) is 0.621. The highest BCUT2D eigenvalue weighted by atomic mass is 19.4. The summed E-state index contributed by atoms with van der Waals surface area (Å²) < 4.78 is 80.4. The molecule has 0 radical (unpaired) electrons. The van der Waals surface area contributed by atoms with Crippen LogP contribution in [0.2, 0.25) is 0 Å². The number of allylic oxidation sites excluding steroid dienone is 1. The first kappa shape index (κ1) is 20.0. The summed E-state index contributed by atoms with van der Waals surface area (Å²) in [5.74, 6) is 0.282. The molecule has 2 aromatic rings. The van der Waals surface area contributed by atoms with E-state index in [4.69, 9.17) is 0 Å². The first-order valence-electron chi connectivity index (χ1n) is 8.35. The molecule has 1 aliphatic heterocycles. The van der Waals surface area contributed by atoms with Crippen molar-refractivity contribution < 1.29 is 26.3 Å². The van der Waals surface area contributed by atoms with Crippen LogP contribution >= 0.6 is 0 Å². The summed E-state index contributed by atoms with van der Waals surface area (Å²) in [6, 6.07) is 3.29. The average Bonchev–Trinajstić information content (AvgIpc) is 2.92. The highest BCUT2D eigenvalue weighted by Crippen LogP contribution is 2.41. The molecule has 28 heavy (non-hydrogen) atoms. The molecule has 0 N–H and O–H groups in total. The Labute approximate surface area is 157 Å². The highest BCUT2D eigenvalue weighted by molar-refractivity contribution is 5.78. The number of alkyl halides is 6. The lowest BCUT2D eigenvalue weighted by Crippen LogP contribution is -2.30. The van der Waals surface area contributed by atoms with E-state index in [1.165, 1.54) is 13.1 Å². The molecule has 150 valence electrons. The SMILES string of the molecule is C=C1c2c(nc(-c3ccc(C(F)(F)F)cc3CC)n2C)C=C(C(F)(F)F)N1C. The van der Waals surface area contributed by atoms with Crippen LogP contribution in [0.4, 0.5) is 26.3 Å². The molecule has 0 spiro atoms. The molecule has 2 heterocycles. The van der Waals surface area contributed by atoms with Gasteiger partial charge >= 0.3 is 12.4 Å². The Bertz CT molecular complexity index is 979. The van der Waals surface area contributed by atoms with Crippen molar-refractivity contribution in [3.63, 3.8) is 0 Å². The van der Waals surface area contributed by atoms with Crippen molar-refractivity contribution >= 4 is 11.8 Å². The molecule has 0 bridgehead atoms. The largest absolute Gasteiger partial charge is 0.431 e. The van der Waals surface area contributed by atoms with Gasteiger partial charge in [-0.1, -0.05) is 19.6 Å². The topological polar surface area (TPSA) is 21.1 Å². The van der Waals surface area contributed by atoms with Crippen molar-refractivity contribution in [2.45, 2.75) is 25.7 Å². The number of imidazole rings is 1. The molecule has 1 aliphatic rings. The summed E-state index contributed by atoms with van der Waals surface area (Å²) >= 11 is 0. The lowest BCUT2D eigenvalue weighted by Gasteiger charge is -2.29. The third-order valence-corrected chi connectivity index (χ3v) is 4.78. The zero-order valence-corrected chi connectivity index (χ0v) is 15.3. The smallest absolute Gasteiger partial charge is 0.339 e. The predicted octanol–water partition coefficient (Wildman–Crippen LogP) is 5.49. The molecule has 0 unspecified atom stereocenters. The molecule has 3 nitrogen and oxygen atoms in total. The maximum Gasteiger partial charge on any atom is 0.431 e. The van der Waals surface area contributed by atoms with E-state index in [1.54, 1.807) is 18.5 Å². The van der Waals surface area contributed by atoms with E-state index < -0.39 is 23.6 Å². The molecule has 0 amide bonds. The lowest BCUT2D eigenvalue weighted by atomic mass is 10.0. The highest BCUT2D eigenvalue weighted by Gasteiger charge is 2.41. The number of aromatic nitrogens is 2. The van der Waals surface area contributed by atoms with Crippen molar-refractivity contribution in [1.29, 1.82) is 0 Å². The third kappa shape index (κ3) is 3.18. The fourth-order valence-electron chi connectivity index (χ4n) is 3.29. The number of aryl methyl sites for hydroxylation is 1. The maximum absolute atomic E-state index is 13.3. The summed E-state index contributed by atoms with van der Waals surface area (Å²) in [5, 5.41) is 0. The van der Waals surface area contributed by atoms with Crippen molar-refractivity contribution in [3.8, 4) is 11.4 Å².